The zero-order valence-corrected chi connectivity index (χ0v) is 20.4. The molecule has 1 aromatic heterocycles. The van der Waals surface area contributed by atoms with Gasteiger partial charge in [-0.25, -0.2) is 4.39 Å². The van der Waals surface area contributed by atoms with Crippen LogP contribution in [0, 0.1) is 5.82 Å². The van der Waals surface area contributed by atoms with E-state index in [1.54, 1.807) is 41.0 Å². The normalized spacial score (nSPS) is 10.6. The molecule has 0 spiro atoms. The largest absolute Gasteiger partial charge is 0.484 e. The Labute approximate surface area is 215 Å². The topological polar surface area (TPSA) is 98.1 Å². The number of benzene rings is 3. The second-order valence-electron chi connectivity index (χ2n) is 7.41. The van der Waals surface area contributed by atoms with Gasteiger partial charge in [-0.3, -0.25) is 14.2 Å². The number of nitrogens with one attached hydrogen (secondary N) is 2. The second-order valence-corrected chi connectivity index (χ2v) is 8.78. The van der Waals surface area contributed by atoms with Crippen LogP contribution < -0.4 is 15.4 Å². The fraction of sp³-hybridized carbons (Fsp3) is 0.120. The number of thioether (sulfide) groups is 1. The number of aromatic nitrogens is 3. The summed E-state index contributed by atoms with van der Waals surface area (Å²) in [6.07, 6.45) is 0. The number of para-hydroxylation sites is 2. The van der Waals surface area contributed by atoms with Gasteiger partial charge in [0.05, 0.1) is 18.0 Å². The first kappa shape index (κ1) is 25.2. The molecule has 0 radical (unpaired) electrons. The van der Waals surface area contributed by atoms with Gasteiger partial charge in [0, 0.05) is 10.7 Å². The van der Waals surface area contributed by atoms with Gasteiger partial charge in [-0.05, 0) is 48.5 Å². The van der Waals surface area contributed by atoms with Gasteiger partial charge < -0.3 is 15.4 Å². The van der Waals surface area contributed by atoms with Crippen molar-refractivity contribution in [1.29, 1.82) is 0 Å². The van der Waals surface area contributed by atoms with Crippen LogP contribution in [0.3, 0.4) is 0 Å². The highest BCUT2D eigenvalue weighted by atomic mass is 35.5. The van der Waals surface area contributed by atoms with Gasteiger partial charge >= 0.3 is 0 Å². The number of rotatable bonds is 10. The Morgan fingerprint density at radius 3 is 2.42 bits per heavy atom. The zero-order chi connectivity index (χ0) is 25.3. The molecule has 36 heavy (non-hydrogen) atoms. The standard InChI is InChI=1S/C25H21ClFN5O3S/c26-17-10-12-19(13-11-17)35-15-23(33)28-14-22-30-31-25(32(22)18-6-2-1-3-7-18)36-16-24(34)29-21-9-5-4-8-20(21)27/h1-13H,14-16H2,(H,28,33)(H,29,34). The average Bonchev–Trinajstić information content (AvgIpc) is 3.30. The number of ether oxygens (including phenoxy) is 1. The zero-order valence-electron chi connectivity index (χ0n) is 18.9. The molecule has 0 aliphatic heterocycles. The number of hydrogen-bond donors (Lipinski definition) is 2. The van der Waals surface area contributed by atoms with E-state index in [2.05, 4.69) is 20.8 Å². The lowest BCUT2D eigenvalue weighted by Gasteiger charge is -2.11. The summed E-state index contributed by atoms with van der Waals surface area (Å²) in [5, 5.41) is 14.7. The molecule has 0 unspecified atom stereocenters. The first-order valence-electron chi connectivity index (χ1n) is 10.8. The maximum Gasteiger partial charge on any atom is 0.258 e. The Kier molecular flexibility index (Phi) is 8.53. The molecule has 184 valence electrons. The van der Waals surface area contributed by atoms with E-state index in [4.69, 9.17) is 16.3 Å². The molecule has 11 heteroatoms. The molecule has 4 rings (SSSR count). The van der Waals surface area contributed by atoms with E-state index >= 15 is 0 Å². The second kappa shape index (κ2) is 12.2. The summed E-state index contributed by atoms with van der Waals surface area (Å²) in [5.41, 5.74) is 0.873. The van der Waals surface area contributed by atoms with Gasteiger partial charge in [-0.1, -0.05) is 53.7 Å². The summed E-state index contributed by atoms with van der Waals surface area (Å²) >= 11 is 7.00. The van der Waals surface area contributed by atoms with Crippen LogP contribution in [-0.2, 0) is 16.1 Å². The van der Waals surface area contributed by atoms with Crippen molar-refractivity contribution in [2.24, 2.45) is 0 Å². The van der Waals surface area contributed by atoms with Crippen molar-refractivity contribution in [3.05, 3.63) is 95.5 Å². The van der Waals surface area contributed by atoms with Crippen LogP contribution in [0.2, 0.25) is 5.02 Å². The van der Waals surface area contributed by atoms with Crippen LogP contribution >= 0.6 is 23.4 Å². The Balaban J connectivity index is 1.40. The summed E-state index contributed by atoms with van der Waals surface area (Å²) in [6, 6.07) is 22.0. The van der Waals surface area contributed by atoms with Crippen molar-refractivity contribution < 1.29 is 18.7 Å². The summed E-state index contributed by atoms with van der Waals surface area (Å²) < 4.78 is 21.0. The number of carbonyl (C=O) groups excluding carboxylic acids is 2. The predicted octanol–water partition coefficient (Wildman–Crippen LogP) is 4.49. The third-order valence-electron chi connectivity index (χ3n) is 4.82. The van der Waals surface area contributed by atoms with Gasteiger partial charge in [0.25, 0.3) is 5.91 Å². The lowest BCUT2D eigenvalue weighted by Crippen LogP contribution is -2.29. The van der Waals surface area contributed by atoms with Gasteiger partial charge in [0.1, 0.15) is 11.6 Å². The number of hydrogen-bond acceptors (Lipinski definition) is 6. The molecular formula is C25H21ClFN5O3S. The highest BCUT2D eigenvalue weighted by Gasteiger charge is 2.17. The molecule has 0 saturated carbocycles. The minimum Gasteiger partial charge on any atom is -0.484 e. The van der Waals surface area contributed by atoms with Gasteiger partial charge in [0.15, 0.2) is 17.6 Å². The third-order valence-corrected chi connectivity index (χ3v) is 6.00. The summed E-state index contributed by atoms with van der Waals surface area (Å²) in [5.74, 6) is -0.262. The van der Waals surface area contributed by atoms with Crippen molar-refractivity contribution >= 4 is 40.9 Å². The Morgan fingerprint density at radius 2 is 1.67 bits per heavy atom. The molecule has 0 bridgehead atoms. The molecule has 3 aromatic carbocycles. The molecule has 1 heterocycles. The number of amides is 2. The fourth-order valence-electron chi connectivity index (χ4n) is 3.13. The van der Waals surface area contributed by atoms with Gasteiger partial charge in [-0.15, -0.1) is 10.2 Å². The summed E-state index contributed by atoms with van der Waals surface area (Å²) in [7, 11) is 0. The molecule has 8 nitrogen and oxygen atoms in total. The Hall–Kier alpha value is -3.89. The Bertz CT molecular complexity index is 1340. The predicted molar refractivity (Wildman–Crippen MR) is 136 cm³/mol. The van der Waals surface area contributed by atoms with Crippen LogP contribution in [0.4, 0.5) is 10.1 Å². The van der Waals surface area contributed by atoms with Crippen molar-refractivity contribution in [1.82, 2.24) is 20.1 Å². The molecule has 2 N–H and O–H groups in total. The molecular weight excluding hydrogens is 505 g/mol. The molecule has 0 aliphatic rings. The number of nitrogens with zero attached hydrogens (tertiary/aromatic N) is 3. The number of halogens is 2. The van der Waals surface area contributed by atoms with Crippen LogP contribution in [-0.4, -0.2) is 38.9 Å². The Morgan fingerprint density at radius 1 is 0.944 bits per heavy atom. The third kappa shape index (κ3) is 6.83. The number of anilines is 1. The van der Waals surface area contributed by atoms with E-state index in [0.717, 1.165) is 17.4 Å². The van der Waals surface area contributed by atoms with E-state index in [-0.39, 0.29) is 36.4 Å². The molecule has 0 atom stereocenters. The van der Waals surface area contributed by atoms with Crippen molar-refractivity contribution in [3.63, 3.8) is 0 Å². The minimum absolute atomic E-state index is 0.0133. The van der Waals surface area contributed by atoms with Crippen molar-refractivity contribution in [2.45, 2.75) is 11.7 Å². The molecule has 0 aliphatic carbocycles. The van der Waals surface area contributed by atoms with Crippen LogP contribution in [0.5, 0.6) is 5.75 Å². The summed E-state index contributed by atoms with van der Waals surface area (Å²) in [4.78, 5) is 24.7. The van der Waals surface area contributed by atoms with Crippen LogP contribution in [0.25, 0.3) is 5.69 Å². The van der Waals surface area contributed by atoms with Gasteiger partial charge in [0.2, 0.25) is 5.91 Å². The van der Waals surface area contributed by atoms with Gasteiger partial charge in [-0.2, -0.15) is 0 Å². The molecule has 4 aromatic rings. The highest BCUT2D eigenvalue weighted by Crippen LogP contribution is 2.23. The lowest BCUT2D eigenvalue weighted by molar-refractivity contribution is -0.123. The van der Waals surface area contributed by atoms with Crippen LogP contribution in [0.15, 0.2) is 84.0 Å². The first-order valence-corrected chi connectivity index (χ1v) is 12.2. The van der Waals surface area contributed by atoms with E-state index in [1.165, 1.54) is 12.1 Å². The van der Waals surface area contributed by atoms with Crippen molar-refractivity contribution in [3.8, 4) is 11.4 Å². The first-order chi connectivity index (χ1) is 17.5. The lowest BCUT2D eigenvalue weighted by atomic mass is 10.3. The van der Waals surface area contributed by atoms with Crippen LogP contribution in [0.1, 0.15) is 5.82 Å². The monoisotopic (exact) mass is 525 g/mol. The van der Waals surface area contributed by atoms with E-state index < -0.39 is 5.82 Å². The highest BCUT2D eigenvalue weighted by molar-refractivity contribution is 7.99. The fourth-order valence-corrected chi connectivity index (χ4v) is 4.03. The van der Waals surface area contributed by atoms with E-state index in [1.807, 2.05) is 30.3 Å². The average molecular weight is 526 g/mol. The smallest absolute Gasteiger partial charge is 0.258 e. The van der Waals surface area contributed by atoms with E-state index in [0.29, 0.717) is 21.8 Å². The maximum atomic E-state index is 13.8. The minimum atomic E-state index is -0.513. The van der Waals surface area contributed by atoms with E-state index in [9.17, 15) is 14.0 Å². The molecule has 0 fully saturated rings. The SMILES string of the molecule is O=C(COc1ccc(Cl)cc1)NCc1nnc(SCC(=O)Nc2ccccc2F)n1-c1ccccc1. The quantitative estimate of drug-likeness (QED) is 0.296. The maximum absolute atomic E-state index is 13.8. The molecule has 0 saturated heterocycles. The molecule has 2 amide bonds. The van der Waals surface area contributed by atoms with Crippen molar-refractivity contribution in [2.75, 3.05) is 17.7 Å². The number of carbonyl (C=O) groups is 2. The summed E-state index contributed by atoms with van der Waals surface area (Å²) in [6.45, 7) is -0.0916.